The second-order valence-electron chi connectivity index (χ2n) is 6.82. The fraction of sp³-hybridized carbons (Fsp3) is 0.478. The van der Waals surface area contributed by atoms with Gasteiger partial charge in [-0.05, 0) is 30.7 Å². The molecule has 0 radical (unpaired) electrons. The molecular weight excluding hydrogens is 407 g/mol. The Balaban J connectivity index is 0.000000843. The molecule has 0 aliphatic carbocycles. The van der Waals surface area contributed by atoms with E-state index in [1.165, 1.54) is 38.0 Å². The second-order valence-corrected chi connectivity index (χ2v) is 6.82. The molecule has 164 valence electrons. The molecule has 0 spiro atoms. The predicted octanol–water partition coefficient (Wildman–Crippen LogP) is 5.15. The van der Waals surface area contributed by atoms with Crippen molar-refractivity contribution in [2.75, 3.05) is 46.9 Å². The SMILES string of the molecule is CCCCN1CCN(Cc2ccc(OC)c(OC)c2)CC1.Cl.Cl.c1ccccc1. The molecule has 2 aromatic rings. The third-order valence-electron chi connectivity index (χ3n) is 4.81. The summed E-state index contributed by atoms with van der Waals surface area (Å²) in [6.07, 6.45) is 2.60. The summed E-state index contributed by atoms with van der Waals surface area (Å²) in [6.45, 7) is 9.17. The first-order valence-corrected chi connectivity index (χ1v) is 9.92. The molecule has 0 saturated carbocycles. The first-order chi connectivity index (χ1) is 13.3. The Morgan fingerprint density at radius 3 is 1.76 bits per heavy atom. The second kappa shape index (κ2) is 16.3. The lowest BCUT2D eigenvalue weighted by Crippen LogP contribution is -2.46. The van der Waals surface area contributed by atoms with Crippen molar-refractivity contribution >= 4 is 24.8 Å². The van der Waals surface area contributed by atoms with Crippen molar-refractivity contribution in [1.29, 1.82) is 0 Å². The van der Waals surface area contributed by atoms with E-state index in [0.29, 0.717) is 0 Å². The number of rotatable bonds is 7. The van der Waals surface area contributed by atoms with E-state index in [1.807, 2.05) is 42.5 Å². The Morgan fingerprint density at radius 1 is 0.759 bits per heavy atom. The Hall–Kier alpha value is -1.46. The third-order valence-corrected chi connectivity index (χ3v) is 4.81. The number of unbranched alkanes of at least 4 members (excludes halogenated alkanes) is 1. The first-order valence-electron chi connectivity index (χ1n) is 9.92. The maximum absolute atomic E-state index is 5.38. The number of nitrogens with zero attached hydrogens (tertiary/aromatic N) is 2. The molecule has 0 unspecified atom stereocenters. The first kappa shape index (κ1) is 27.5. The lowest BCUT2D eigenvalue weighted by molar-refractivity contribution is 0.126. The maximum atomic E-state index is 5.38. The zero-order chi connectivity index (χ0) is 19.3. The molecule has 6 heteroatoms. The molecule has 1 fully saturated rings. The molecule has 0 N–H and O–H groups in total. The maximum Gasteiger partial charge on any atom is 0.161 e. The average Bonchev–Trinajstić information content (AvgIpc) is 2.75. The van der Waals surface area contributed by atoms with Gasteiger partial charge in [0.1, 0.15) is 0 Å². The fourth-order valence-electron chi connectivity index (χ4n) is 3.17. The van der Waals surface area contributed by atoms with Crippen LogP contribution in [0.25, 0.3) is 0 Å². The van der Waals surface area contributed by atoms with Gasteiger partial charge in [-0.2, -0.15) is 0 Å². The zero-order valence-corrected chi connectivity index (χ0v) is 19.5. The zero-order valence-electron chi connectivity index (χ0n) is 17.9. The number of hydrogen-bond acceptors (Lipinski definition) is 4. The minimum atomic E-state index is 0. The minimum Gasteiger partial charge on any atom is -0.493 e. The smallest absolute Gasteiger partial charge is 0.161 e. The van der Waals surface area contributed by atoms with Gasteiger partial charge in [-0.25, -0.2) is 0 Å². The molecule has 1 aliphatic heterocycles. The van der Waals surface area contributed by atoms with E-state index in [-0.39, 0.29) is 24.8 Å². The average molecular weight is 443 g/mol. The summed E-state index contributed by atoms with van der Waals surface area (Å²) in [4.78, 5) is 5.10. The van der Waals surface area contributed by atoms with Gasteiger partial charge in [-0.1, -0.05) is 55.8 Å². The van der Waals surface area contributed by atoms with Gasteiger partial charge in [0.25, 0.3) is 0 Å². The monoisotopic (exact) mass is 442 g/mol. The lowest BCUT2D eigenvalue weighted by atomic mass is 10.1. The van der Waals surface area contributed by atoms with Gasteiger partial charge in [-0.15, -0.1) is 24.8 Å². The lowest BCUT2D eigenvalue weighted by Gasteiger charge is -2.34. The van der Waals surface area contributed by atoms with Crippen LogP contribution in [0.5, 0.6) is 11.5 Å². The molecule has 2 aromatic carbocycles. The van der Waals surface area contributed by atoms with Gasteiger partial charge in [0.15, 0.2) is 11.5 Å². The van der Waals surface area contributed by atoms with Gasteiger partial charge in [-0.3, -0.25) is 4.90 Å². The molecule has 1 heterocycles. The number of benzene rings is 2. The normalized spacial score (nSPS) is 13.9. The van der Waals surface area contributed by atoms with E-state index < -0.39 is 0 Å². The number of piperazine rings is 1. The van der Waals surface area contributed by atoms with E-state index >= 15 is 0 Å². The molecular formula is C23H36Cl2N2O2. The number of ether oxygens (including phenoxy) is 2. The number of methoxy groups -OCH3 is 2. The van der Waals surface area contributed by atoms with Crippen LogP contribution in [-0.4, -0.2) is 56.7 Å². The van der Waals surface area contributed by atoms with Gasteiger partial charge in [0.2, 0.25) is 0 Å². The molecule has 0 amide bonds. The van der Waals surface area contributed by atoms with Crippen molar-refractivity contribution < 1.29 is 9.47 Å². The fourth-order valence-corrected chi connectivity index (χ4v) is 3.17. The van der Waals surface area contributed by atoms with Gasteiger partial charge in [0, 0.05) is 32.7 Å². The van der Waals surface area contributed by atoms with Crippen molar-refractivity contribution in [2.45, 2.75) is 26.3 Å². The predicted molar refractivity (Wildman–Crippen MR) is 127 cm³/mol. The third kappa shape index (κ3) is 10.2. The van der Waals surface area contributed by atoms with Crippen molar-refractivity contribution in [1.82, 2.24) is 9.80 Å². The van der Waals surface area contributed by atoms with Crippen LogP contribution >= 0.6 is 24.8 Å². The Labute approximate surface area is 189 Å². The highest BCUT2D eigenvalue weighted by Crippen LogP contribution is 2.28. The van der Waals surface area contributed by atoms with Crippen LogP contribution in [0.3, 0.4) is 0 Å². The van der Waals surface area contributed by atoms with Gasteiger partial charge in [0.05, 0.1) is 14.2 Å². The van der Waals surface area contributed by atoms with E-state index in [2.05, 4.69) is 28.9 Å². The highest BCUT2D eigenvalue weighted by molar-refractivity contribution is 5.85. The standard InChI is InChI=1S/C17H28N2O2.C6H6.2ClH/c1-4-5-8-18-9-11-19(12-10-18)14-15-6-7-16(20-2)17(13-15)21-3;1-2-4-6-5-3-1;;/h6-7,13H,4-5,8-12,14H2,1-3H3;1-6H;2*1H. The minimum absolute atomic E-state index is 0. The summed E-state index contributed by atoms with van der Waals surface area (Å²) in [6, 6.07) is 18.2. The number of halogens is 2. The molecule has 29 heavy (non-hydrogen) atoms. The molecule has 1 aliphatic rings. The van der Waals surface area contributed by atoms with E-state index in [4.69, 9.17) is 9.47 Å². The van der Waals surface area contributed by atoms with Crippen molar-refractivity contribution in [2.24, 2.45) is 0 Å². The van der Waals surface area contributed by atoms with Crippen LogP contribution in [0.15, 0.2) is 54.6 Å². The van der Waals surface area contributed by atoms with Gasteiger partial charge >= 0.3 is 0 Å². The molecule has 0 atom stereocenters. The molecule has 1 saturated heterocycles. The summed E-state index contributed by atoms with van der Waals surface area (Å²) in [7, 11) is 3.36. The van der Waals surface area contributed by atoms with Gasteiger partial charge < -0.3 is 14.4 Å². The van der Waals surface area contributed by atoms with E-state index in [0.717, 1.165) is 31.1 Å². The highest BCUT2D eigenvalue weighted by atomic mass is 35.5. The molecule has 4 nitrogen and oxygen atoms in total. The Morgan fingerprint density at radius 2 is 1.28 bits per heavy atom. The van der Waals surface area contributed by atoms with Crippen molar-refractivity contribution in [3.05, 3.63) is 60.2 Å². The van der Waals surface area contributed by atoms with Crippen LogP contribution < -0.4 is 9.47 Å². The van der Waals surface area contributed by atoms with Crippen LogP contribution in [0.2, 0.25) is 0 Å². The van der Waals surface area contributed by atoms with E-state index in [9.17, 15) is 0 Å². The summed E-state index contributed by atoms with van der Waals surface area (Å²) >= 11 is 0. The largest absolute Gasteiger partial charge is 0.493 e. The molecule has 0 aromatic heterocycles. The summed E-state index contributed by atoms with van der Waals surface area (Å²) in [5.74, 6) is 1.61. The van der Waals surface area contributed by atoms with Crippen LogP contribution in [0.1, 0.15) is 25.3 Å². The van der Waals surface area contributed by atoms with E-state index in [1.54, 1.807) is 14.2 Å². The summed E-state index contributed by atoms with van der Waals surface area (Å²) in [5.41, 5.74) is 1.29. The van der Waals surface area contributed by atoms with Crippen molar-refractivity contribution in [3.8, 4) is 11.5 Å². The number of hydrogen-bond donors (Lipinski definition) is 0. The topological polar surface area (TPSA) is 24.9 Å². The Bertz CT molecular complexity index is 609. The van der Waals surface area contributed by atoms with Crippen molar-refractivity contribution in [3.63, 3.8) is 0 Å². The van der Waals surface area contributed by atoms with Crippen LogP contribution in [0, 0.1) is 0 Å². The molecule has 3 rings (SSSR count). The summed E-state index contributed by atoms with van der Waals surface area (Å²) in [5, 5.41) is 0. The molecule has 0 bridgehead atoms. The highest BCUT2D eigenvalue weighted by Gasteiger charge is 2.17. The quantitative estimate of drug-likeness (QED) is 0.591. The van der Waals surface area contributed by atoms with Crippen LogP contribution in [-0.2, 0) is 6.54 Å². The Kier molecular flexibility index (Phi) is 15.5. The van der Waals surface area contributed by atoms with Crippen LogP contribution in [0.4, 0.5) is 0 Å². The summed E-state index contributed by atoms with van der Waals surface area (Å²) < 4.78 is 10.7.